The van der Waals surface area contributed by atoms with Crippen LogP contribution in [0.2, 0.25) is 0 Å². The fourth-order valence-electron chi connectivity index (χ4n) is 0.838. The Balaban J connectivity index is 3.13. The molecule has 1 nitrogen and oxygen atoms in total. The van der Waals surface area contributed by atoms with E-state index in [9.17, 15) is 4.39 Å². The third-order valence-corrected chi connectivity index (χ3v) is 2.49. The zero-order valence-corrected chi connectivity index (χ0v) is 10.7. The van der Waals surface area contributed by atoms with Crippen molar-refractivity contribution in [2.24, 2.45) is 0 Å². The molecule has 0 amide bonds. The number of benzene rings is 1. The van der Waals surface area contributed by atoms with Gasteiger partial charge in [-0.25, -0.2) is 4.39 Å². The van der Waals surface area contributed by atoms with Crippen molar-refractivity contribution < 1.29 is 4.39 Å². The van der Waals surface area contributed by atoms with Gasteiger partial charge in [-0.2, -0.15) is 0 Å². The number of rotatable bonds is 1. The Labute approximate surface area is 98.0 Å². The van der Waals surface area contributed by atoms with Gasteiger partial charge >= 0.3 is 0 Å². The van der Waals surface area contributed by atoms with Gasteiger partial charge in [-0.05, 0) is 35.0 Å². The van der Waals surface area contributed by atoms with Gasteiger partial charge in [-0.15, -0.1) is 0 Å². The summed E-state index contributed by atoms with van der Waals surface area (Å²) in [5, 5.41) is 2.76. The molecule has 70 valence electrons. The van der Waals surface area contributed by atoms with E-state index in [0.717, 1.165) is 0 Å². The van der Waals surface area contributed by atoms with Crippen LogP contribution in [0.4, 0.5) is 10.1 Å². The molecule has 0 atom stereocenters. The van der Waals surface area contributed by atoms with Crippen LogP contribution in [-0.4, -0.2) is 4.99 Å². The van der Waals surface area contributed by atoms with Gasteiger partial charge in [-0.1, -0.05) is 28.1 Å². The molecule has 1 N–H and O–H groups in total. The van der Waals surface area contributed by atoms with Crippen molar-refractivity contribution in [2.75, 3.05) is 5.32 Å². The van der Waals surface area contributed by atoms with E-state index in [2.05, 4.69) is 37.2 Å². The van der Waals surface area contributed by atoms with Crippen LogP contribution in [0.25, 0.3) is 0 Å². The van der Waals surface area contributed by atoms with Gasteiger partial charge < -0.3 is 5.32 Å². The quantitative estimate of drug-likeness (QED) is 0.779. The molecule has 0 aliphatic rings. The number of anilines is 1. The van der Waals surface area contributed by atoms with Crippen molar-refractivity contribution in [3.63, 3.8) is 0 Å². The summed E-state index contributed by atoms with van der Waals surface area (Å²) in [6.45, 7) is 1.70. The molecular formula is C8H6Br2FNS. The lowest BCUT2D eigenvalue weighted by Crippen LogP contribution is -2.06. The molecule has 1 aromatic rings. The zero-order valence-electron chi connectivity index (χ0n) is 6.70. The minimum absolute atomic E-state index is 0.342. The second-order valence-corrected chi connectivity index (χ2v) is 4.81. The van der Waals surface area contributed by atoms with Crippen LogP contribution in [0, 0.1) is 5.82 Å². The fourth-order valence-corrected chi connectivity index (χ4v) is 2.21. The van der Waals surface area contributed by atoms with E-state index >= 15 is 0 Å². The van der Waals surface area contributed by atoms with Crippen LogP contribution in [0.15, 0.2) is 21.1 Å². The lowest BCUT2D eigenvalue weighted by molar-refractivity contribution is 0.630. The van der Waals surface area contributed by atoms with Gasteiger partial charge in [0.15, 0.2) is 0 Å². The molecule has 1 rings (SSSR count). The van der Waals surface area contributed by atoms with Crippen molar-refractivity contribution in [3.8, 4) is 0 Å². The lowest BCUT2D eigenvalue weighted by Gasteiger charge is -2.08. The smallest absolute Gasteiger partial charge is 0.148 e. The van der Waals surface area contributed by atoms with E-state index in [1.807, 2.05) is 0 Å². The summed E-state index contributed by atoms with van der Waals surface area (Å²) in [5.41, 5.74) is 0.371. The first kappa shape index (κ1) is 11.1. The monoisotopic (exact) mass is 325 g/mol. The predicted octanol–water partition coefficient (Wildman–Crippen LogP) is 4.11. The Bertz CT molecular complexity index is 331. The molecule has 0 fully saturated rings. The predicted molar refractivity (Wildman–Crippen MR) is 63.7 cm³/mol. The van der Waals surface area contributed by atoms with Gasteiger partial charge in [0.2, 0.25) is 0 Å². The standard InChI is InChI=1S/C8H6Br2FNS/c1-4(13)12-8-6(10)2-5(9)3-7(8)11/h2-3H,1H3,(H,12,13). The van der Waals surface area contributed by atoms with Gasteiger partial charge in [0, 0.05) is 8.95 Å². The summed E-state index contributed by atoms with van der Waals surface area (Å²) < 4.78 is 14.6. The van der Waals surface area contributed by atoms with E-state index in [4.69, 9.17) is 12.2 Å². The van der Waals surface area contributed by atoms with Crippen LogP contribution >= 0.6 is 44.1 Å². The average molecular weight is 327 g/mol. The van der Waals surface area contributed by atoms with E-state index < -0.39 is 0 Å². The molecule has 0 heterocycles. The van der Waals surface area contributed by atoms with Gasteiger partial charge in [-0.3, -0.25) is 0 Å². The number of thiocarbonyl (C=S) groups is 1. The zero-order chi connectivity index (χ0) is 10.0. The first-order valence-electron chi connectivity index (χ1n) is 3.43. The first-order valence-corrected chi connectivity index (χ1v) is 5.42. The van der Waals surface area contributed by atoms with Crippen molar-refractivity contribution in [1.82, 2.24) is 0 Å². The summed E-state index contributed by atoms with van der Waals surface area (Å²) in [7, 11) is 0. The summed E-state index contributed by atoms with van der Waals surface area (Å²) in [6, 6.07) is 3.13. The molecule has 0 saturated carbocycles. The molecule has 0 unspecified atom stereocenters. The Morgan fingerprint density at radius 2 is 2.08 bits per heavy atom. The third kappa shape index (κ3) is 3.00. The number of halogens is 3. The van der Waals surface area contributed by atoms with E-state index in [-0.39, 0.29) is 5.82 Å². The Morgan fingerprint density at radius 3 is 2.54 bits per heavy atom. The Morgan fingerprint density at radius 1 is 1.46 bits per heavy atom. The first-order chi connectivity index (χ1) is 6.00. The molecule has 13 heavy (non-hydrogen) atoms. The van der Waals surface area contributed by atoms with Crippen LogP contribution in [0.3, 0.4) is 0 Å². The molecule has 0 radical (unpaired) electrons. The van der Waals surface area contributed by atoms with Crippen LogP contribution < -0.4 is 5.32 Å². The van der Waals surface area contributed by atoms with Crippen LogP contribution in [0.1, 0.15) is 6.92 Å². The molecule has 0 aliphatic carbocycles. The van der Waals surface area contributed by atoms with Gasteiger partial charge in [0.25, 0.3) is 0 Å². The maximum absolute atomic E-state index is 13.3. The van der Waals surface area contributed by atoms with E-state index in [1.54, 1.807) is 13.0 Å². The minimum atomic E-state index is -0.342. The molecular weight excluding hydrogens is 321 g/mol. The molecule has 0 bridgehead atoms. The van der Waals surface area contributed by atoms with Gasteiger partial charge in [0.1, 0.15) is 5.82 Å². The molecule has 0 saturated heterocycles. The molecule has 5 heteroatoms. The largest absolute Gasteiger partial charge is 0.347 e. The van der Waals surface area contributed by atoms with E-state index in [0.29, 0.717) is 19.6 Å². The number of hydrogen-bond acceptors (Lipinski definition) is 1. The summed E-state index contributed by atoms with van der Waals surface area (Å²) in [6.07, 6.45) is 0. The SMILES string of the molecule is CC(=S)Nc1c(F)cc(Br)cc1Br. The molecule has 0 spiro atoms. The van der Waals surface area contributed by atoms with Crippen LogP contribution in [-0.2, 0) is 0 Å². The topological polar surface area (TPSA) is 12.0 Å². The summed E-state index contributed by atoms with van der Waals surface area (Å²) >= 11 is 11.2. The van der Waals surface area contributed by atoms with E-state index in [1.165, 1.54) is 6.07 Å². The van der Waals surface area contributed by atoms with Gasteiger partial charge in [0.05, 0.1) is 10.7 Å². The molecule has 1 aromatic carbocycles. The second kappa shape index (κ2) is 4.48. The summed E-state index contributed by atoms with van der Waals surface area (Å²) in [5.74, 6) is -0.342. The van der Waals surface area contributed by atoms with Crippen LogP contribution in [0.5, 0.6) is 0 Å². The molecule has 0 aromatic heterocycles. The van der Waals surface area contributed by atoms with Crippen molar-refractivity contribution in [3.05, 3.63) is 26.9 Å². The highest BCUT2D eigenvalue weighted by molar-refractivity contribution is 9.11. The fraction of sp³-hybridized carbons (Fsp3) is 0.125. The second-order valence-electron chi connectivity index (χ2n) is 2.43. The highest BCUT2D eigenvalue weighted by Gasteiger charge is 2.08. The maximum atomic E-state index is 13.3. The third-order valence-electron chi connectivity index (χ3n) is 1.31. The number of nitrogens with one attached hydrogen (secondary N) is 1. The Kier molecular flexibility index (Phi) is 3.82. The summed E-state index contributed by atoms with van der Waals surface area (Å²) in [4.78, 5) is 0.530. The highest BCUT2D eigenvalue weighted by Crippen LogP contribution is 2.29. The molecule has 0 aliphatic heterocycles. The van der Waals surface area contributed by atoms with Crippen molar-refractivity contribution >= 4 is 54.8 Å². The normalized spacial score (nSPS) is 9.85. The minimum Gasteiger partial charge on any atom is -0.347 e. The maximum Gasteiger partial charge on any atom is 0.148 e. The lowest BCUT2D eigenvalue weighted by atomic mass is 10.3. The Hall–Kier alpha value is -0.000000000000000111. The highest BCUT2D eigenvalue weighted by atomic mass is 79.9. The number of hydrogen-bond donors (Lipinski definition) is 1. The average Bonchev–Trinajstić information content (AvgIpc) is 1.96. The van der Waals surface area contributed by atoms with Crippen molar-refractivity contribution in [1.29, 1.82) is 0 Å². The van der Waals surface area contributed by atoms with Crippen molar-refractivity contribution in [2.45, 2.75) is 6.92 Å².